The third kappa shape index (κ3) is 3.22. The van der Waals surface area contributed by atoms with E-state index in [1.165, 1.54) is 0 Å². The summed E-state index contributed by atoms with van der Waals surface area (Å²) in [6, 6.07) is 9.52. The largest absolute Gasteiger partial charge is 0.382 e. The lowest BCUT2D eigenvalue weighted by molar-refractivity contribution is -0.119. The normalized spacial score (nSPS) is 12.2. The highest BCUT2D eigenvalue weighted by Gasteiger charge is 2.23. The van der Waals surface area contributed by atoms with Gasteiger partial charge in [0.05, 0.1) is 17.1 Å². The summed E-state index contributed by atoms with van der Waals surface area (Å²) < 4.78 is 5.19. The van der Waals surface area contributed by atoms with Crippen LogP contribution in [0.25, 0.3) is 11.0 Å². The molecule has 1 aromatic heterocycles. The van der Waals surface area contributed by atoms with Crippen LogP contribution in [0.2, 0.25) is 0 Å². The van der Waals surface area contributed by atoms with E-state index in [-0.39, 0.29) is 5.78 Å². The molecule has 1 atom stereocenters. The Labute approximate surface area is 117 Å². The molecule has 1 heterocycles. The van der Waals surface area contributed by atoms with Gasteiger partial charge in [0, 0.05) is 19.6 Å². The Kier molecular flexibility index (Phi) is 4.85. The number of rotatable bonds is 7. The summed E-state index contributed by atoms with van der Waals surface area (Å²) in [6.07, 6.45) is 0.959. The van der Waals surface area contributed by atoms with Crippen molar-refractivity contribution in [2.75, 3.05) is 13.2 Å². The monoisotopic (exact) mass is 271 g/mol. The van der Waals surface area contributed by atoms with Gasteiger partial charge in [-0.25, -0.2) is 4.98 Å². The van der Waals surface area contributed by atoms with Crippen molar-refractivity contribution in [1.82, 2.24) is 9.97 Å². The van der Waals surface area contributed by atoms with Crippen LogP contribution in [-0.2, 0) is 9.53 Å². The van der Waals surface area contributed by atoms with Gasteiger partial charge in [-0.05, 0) is 25.5 Å². The average Bonchev–Trinajstić information content (AvgIpc) is 2.88. The Morgan fingerprint density at radius 2 is 2.30 bits per heavy atom. The summed E-state index contributed by atoms with van der Waals surface area (Å²) in [5.41, 5.74) is 1.61. The molecule has 2 rings (SSSR count). The summed E-state index contributed by atoms with van der Waals surface area (Å²) >= 11 is 0. The first-order valence-electron chi connectivity index (χ1n) is 6.71. The number of benzene rings is 1. The fraction of sp³-hybridized carbons (Fsp3) is 0.400. The van der Waals surface area contributed by atoms with Crippen molar-refractivity contribution in [2.45, 2.75) is 25.7 Å². The minimum Gasteiger partial charge on any atom is -0.382 e. The molecule has 20 heavy (non-hydrogen) atoms. The smallest absolute Gasteiger partial charge is 0.162 e. The first-order chi connectivity index (χ1) is 9.76. The van der Waals surface area contributed by atoms with Crippen molar-refractivity contribution in [2.24, 2.45) is 0 Å². The van der Waals surface area contributed by atoms with Gasteiger partial charge in [0.2, 0.25) is 0 Å². The second-order valence-corrected chi connectivity index (χ2v) is 4.47. The summed E-state index contributed by atoms with van der Waals surface area (Å²) in [5.74, 6) is -0.523. The van der Waals surface area contributed by atoms with Gasteiger partial charge >= 0.3 is 0 Å². The number of carbonyl (C=O) groups is 1. The molecule has 1 unspecified atom stereocenters. The van der Waals surface area contributed by atoms with Crippen LogP contribution in [0.15, 0.2) is 24.3 Å². The van der Waals surface area contributed by atoms with Crippen LogP contribution in [0.5, 0.6) is 0 Å². The first-order valence-corrected chi connectivity index (χ1v) is 6.71. The van der Waals surface area contributed by atoms with E-state index in [9.17, 15) is 10.1 Å². The molecule has 0 aliphatic carbocycles. The molecule has 5 nitrogen and oxygen atoms in total. The standard InChI is InChI=1S/C15H17N3O2/c1-2-20-9-5-8-14(19)11(10-16)15-17-12-6-3-4-7-13(12)18-15/h3-4,6-7,11H,2,5,8-9H2,1H3,(H,17,18). The van der Waals surface area contributed by atoms with Gasteiger partial charge in [0.1, 0.15) is 5.82 Å². The molecular weight excluding hydrogens is 254 g/mol. The first kappa shape index (κ1) is 14.2. The van der Waals surface area contributed by atoms with Gasteiger partial charge in [-0.1, -0.05) is 12.1 Å². The lowest BCUT2D eigenvalue weighted by Crippen LogP contribution is -2.13. The molecule has 5 heteroatoms. The fourth-order valence-electron chi connectivity index (χ4n) is 2.03. The summed E-state index contributed by atoms with van der Waals surface area (Å²) in [4.78, 5) is 19.4. The van der Waals surface area contributed by atoms with E-state index < -0.39 is 5.92 Å². The van der Waals surface area contributed by atoms with Gasteiger partial charge in [0.25, 0.3) is 0 Å². The number of para-hydroxylation sites is 2. The number of hydrogen-bond donors (Lipinski definition) is 1. The van der Waals surface area contributed by atoms with E-state index in [2.05, 4.69) is 9.97 Å². The van der Waals surface area contributed by atoms with E-state index in [4.69, 9.17) is 4.74 Å². The average molecular weight is 271 g/mol. The Morgan fingerprint density at radius 3 is 3.00 bits per heavy atom. The highest BCUT2D eigenvalue weighted by molar-refractivity contribution is 5.88. The molecule has 0 spiro atoms. The third-order valence-electron chi connectivity index (χ3n) is 3.05. The number of hydrogen-bond acceptors (Lipinski definition) is 4. The number of carbonyl (C=O) groups excluding carboxylic acids is 1. The second kappa shape index (κ2) is 6.83. The van der Waals surface area contributed by atoms with E-state index in [0.29, 0.717) is 31.9 Å². The van der Waals surface area contributed by atoms with Crippen LogP contribution in [0.3, 0.4) is 0 Å². The van der Waals surface area contributed by atoms with E-state index in [1.807, 2.05) is 37.3 Å². The van der Waals surface area contributed by atoms with E-state index in [0.717, 1.165) is 11.0 Å². The lowest BCUT2D eigenvalue weighted by atomic mass is 10.0. The molecule has 2 aromatic rings. The number of nitrogens with zero attached hydrogens (tertiary/aromatic N) is 2. The predicted molar refractivity (Wildman–Crippen MR) is 75.2 cm³/mol. The molecule has 0 radical (unpaired) electrons. The Hall–Kier alpha value is -2.19. The fourth-order valence-corrected chi connectivity index (χ4v) is 2.03. The minimum absolute atomic E-state index is 0.119. The van der Waals surface area contributed by atoms with Crippen molar-refractivity contribution in [1.29, 1.82) is 5.26 Å². The number of H-pyrrole nitrogens is 1. The molecule has 0 aliphatic heterocycles. The summed E-state index contributed by atoms with van der Waals surface area (Å²) in [5, 5.41) is 9.22. The molecule has 1 aromatic carbocycles. The zero-order valence-corrected chi connectivity index (χ0v) is 11.4. The lowest BCUT2D eigenvalue weighted by Gasteiger charge is -2.05. The van der Waals surface area contributed by atoms with Gasteiger partial charge in [-0.15, -0.1) is 0 Å². The molecule has 0 aliphatic rings. The molecule has 0 fully saturated rings. The Bertz CT molecular complexity index is 594. The number of aromatic amines is 1. The van der Waals surface area contributed by atoms with Crippen LogP contribution in [0, 0.1) is 11.3 Å². The highest BCUT2D eigenvalue weighted by Crippen LogP contribution is 2.19. The Balaban J connectivity index is 2.07. The van der Waals surface area contributed by atoms with Crippen molar-refractivity contribution in [3.63, 3.8) is 0 Å². The predicted octanol–water partition coefficient (Wildman–Crippen LogP) is 2.56. The highest BCUT2D eigenvalue weighted by atomic mass is 16.5. The van der Waals surface area contributed by atoms with Gasteiger partial charge in [-0.3, -0.25) is 4.79 Å². The number of nitriles is 1. The zero-order chi connectivity index (χ0) is 14.4. The van der Waals surface area contributed by atoms with Crippen molar-refractivity contribution >= 4 is 16.8 Å². The number of imidazole rings is 1. The van der Waals surface area contributed by atoms with Crippen molar-refractivity contribution in [3.05, 3.63) is 30.1 Å². The van der Waals surface area contributed by atoms with E-state index in [1.54, 1.807) is 0 Å². The molecule has 0 bridgehead atoms. The van der Waals surface area contributed by atoms with Gasteiger partial charge in [0.15, 0.2) is 11.7 Å². The van der Waals surface area contributed by atoms with Crippen LogP contribution >= 0.6 is 0 Å². The van der Waals surface area contributed by atoms with Gasteiger partial charge < -0.3 is 9.72 Å². The number of ether oxygens (including phenoxy) is 1. The topological polar surface area (TPSA) is 78.8 Å². The number of nitrogens with one attached hydrogen (secondary N) is 1. The van der Waals surface area contributed by atoms with Crippen LogP contribution in [0.1, 0.15) is 31.5 Å². The molecule has 0 saturated carbocycles. The molecular formula is C15H17N3O2. The number of Topliss-reactive ketones (excluding diaryl/α,β-unsaturated/α-hetero) is 1. The number of ketones is 1. The van der Waals surface area contributed by atoms with Crippen molar-refractivity contribution < 1.29 is 9.53 Å². The SMILES string of the molecule is CCOCCCC(=O)C(C#N)c1nc2ccccc2[nH]1. The third-order valence-corrected chi connectivity index (χ3v) is 3.05. The maximum absolute atomic E-state index is 12.1. The van der Waals surface area contributed by atoms with Crippen molar-refractivity contribution in [3.8, 4) is 6.07 Å². The molecule has 104 valence electrons. The number of aromatic nitrogens is 2. The quantitative estimate of drug-likeness (QED) is 0.785. The van der Waals surface area contributed by atoms with E-state index >= 15 is 0 Å². The minimum atomic E-state index is -0.830. The zero-order valence-electron chi connectivity index (χ0n) is 11.4. The Morgan fingerprint density at radius 1 is 1.50 bits per heavy atom. The summed E-state index contributed by atoms with van der Waals surface area (Å²) in [7, 11) is 0. The van der Waals surface area contributed by atoms with Gasteiger partial charge in [-0.2, -0.15) is 5.26 Å². The second-order valence-electron chi connectivity index (χ2n) is 4.47. The maximum Gasteiger partial charge on any atom is 0.162 e. The van der Waals surface area contributed by atoms with Crippen LogP contribution in [0.4, 0.5) is 0 Å². The molecule has 0 saturated heterocycles. The van der Waals surface area contributed by atoms with Crippen LogP contribution in [-0.4, -0.2) is 29.0 Å². The number of fused-ring (bicyclic) bond motifs is 1. The molecule has 1 N–H and O–H groups in total. The molecule has 0 amide bonds. The maximum atomic E-state index is 12.1. The van der Waals surface area contributed by atoms with Crippen LogP contribution < -0.4 is 0 Å². The summed E-state index contributed by atoms with van der Waals surface area (Å²) in [6.45, 7) is 3.09.